The number of hydrogen-bond acceptors (Lipinski definition) is 3. The molecule has 1 saturated carbocycles. The van der Waals surface area contributed by atoms with Crippen molar-refractivity contribution in [3.05, 3.63) is 0 Å². The summed E-state index contributed by atoms with van der Waals surface area (Å²) < 4.78 is 6.02. The topological polar surface area (TPSA) is 41.6 Å². The summed E-state index contributed by atoms with van der Waals surface area (Å²) >= 11 is 0. The molecule has 1 unspecified atom stereocenters. The van der Waals surface area contributed by atoms with Crippen molar-refractivity contribution < 1.29 is 9.53 Å². The van der Waals surface area contributed by atoms with E-state index in [1.54, 1.807) is 0 Å². The number of hydrogen-bond donors (Lipinski definition) is 1. The second-order valence-electron chi connectivity index (χ2n) is 5.98. The first-order valence-corrected chi connectivity index (χ1v) is 7.85. The number of nitrogens with zero attached hydrogens (tertiary/aromatic N) is 1. The Labute approximate surface area is 129 Å². The van der Waals surface area contributed by atoms with Crippen LogP contribution in [0.1, 0.15) is 52.4 Å². The van der Waals surface area contributed by atoms with Gasteiger partial charge in [0.05, 0.1) is 6.10 Å². The fraction of sp³-hybridized carbons (Fsp3) is 0.933. The van der Waals surface area contributed by atoms with Crippen molar-refractivity contribution in [1.29, 1.82) is 0 Å². The molecule has 1 saturated heterocycles. The minimum absolute atomic E-state index is 0. The van der Waals surface area contributed by atoms with E-state index in [0.717, 1.165) is 32.5 Å². The molecule has 118 valence electrons. The Morgan fingerprint density at radius 1 is 1.25 bits per heavy atom. The van der Waals surface area contributed by atoms with Gasteiger partial charge >= 0.3 is 0 Å². The molecule has 0 aromatic heterocycles. The van der Waals surface area contributed by atoms with Crippen LogP contribution in [0.5, 0.6) is 0 Å². The summed E-state index contributed by atoms with van der Waals surface area (Å²) in [6.07, 6.45) is 7.37. The van der Waals surface area contributed by atoms with Crippen molar-refractivity contribution in [2.24, 2.45) is 0 Å². The minimum Gasteiger partial charge on any atom is -0.365 e. The number of rotatable bonds is 3. The lowest BCUT2D eigenvalue weighted by molar-refractivity contribution is -0.149. The fourth-order valence-corrected chi connectivity index (χ4v) is 3.13. The van der Waals surface area contributed by atoms with E-state index in [2.05, 4.69) is 12.2 Å². The fourth-order valence-electron chi connectivity index (χ4n) is 3.13. The molecule has 2 atom stereocenters. The van der Waals surface area contributed by atoms with Crippen LogP contribution in [0.15, 0.2) is 0 Å². The smallest absolute Gasteiger partial charge is 0.251 e. The van der Waals surface area contributed by atoms with Crippen LogP contribution in [0.25, 0.3) is 0 Å². The van der Waals surface area contributed by atoms with Crippen LogP contribution < -0.4 is 5.32 Å². The van der Waals surface area contributed by atoms with E-state index in [9.17, 15) is 4.79 Å². The predicted molar refractivity (Wildman–Crippen MR) is 83.3 cm³/mol. The molecule has 1 aliphatic carbocycles. The van der Waals surface area contributed by atoms with E-state index in [1.165, 1.54) is 25.7 Å². The number of piperazine rings is 1. The molecule has 0 aromatic carbocycles. The highest BCUT2D eigenvalue weighted by molar-refractivity contribution is 5.85. The molecule has 2 aliphatic rings. The van der Waals surface area contributed by atoms with E-state index in [4.69, 9.17) is 4.74 Å². The Balaban J connectivity index is 0.00000200. The Bertz CT molecular complexity index is 294. The first-order chi connectivity index (χ1) is 9.18. The molecule has 2 fully saturated rings. The molecule has 4 nitrogen and oxygen atoms in total. The van der Waals surface area contributed by atoms with E-state index in [-0.39, 0.29) is 30.5 Å². The zero-order chi connectivity index (χ0) is 13.7. The van der Waals surface area contributed by atoms with Crippen LogP contribution in [-0.4, -0.2) is 48.7 Å². The second kappa shape index (κ2) is 8.85. The van der Waals surface area contributed by atoms with Gasteiger partial charge in [-0.05, 0) is 26.7 Å². The SMILES string of the molecule is CC(OC1CCCCCC1)C(=O)N1CCNC[C@H]1C.Cl. The molecule has 5 heteroatoms. The highest BCUT2D eigenvalue weighted by Gasteiger charge is 2.29. The number of ether oxygens (including phenoxy) is 1. The van der Waals surface area contributed by atoms with Crippen LogP contribution in [0.3, 0.4) is 0 Å². The van der Waals surface area contributed by atoms with Gasteiger partial charge in [-0.2, -0.15) is 0 Å². The van der Waals surface area contributed by atoms with Gasteiger partial charge in [0.15, 0.2) is 0 Å². The molecule has 0 radical (unpaired) electrons. The molecule has 0 bridgehead atoms. The molecule has 1 aliphatic heterocycles. The third-order valence-electron chi connectivity index (χ3n) is 4.33. The normalized spacial score (nSPS) is 26.5. The van der Waals surface area contributed by atoms with Gasteiger partial charge in [-0.1, -0.05) is 25.7 Å². The predicted octanol–water partition coefficient (Wildman–Crippen LogP) is 2.36. The molecule has 1 amide bonds. The van der Waals surface area contributed by atoms with Crippen LogP contribution in [0, 0.1) is 0 Å². The average Bonchev–Trinajstić information content (AvgIpc) is 2.67. The quantitative estimate of drug-likeness (QED) is 0.814. The molecular weight excluding hydrogens is 276 g/mol. The lowest BCUT2D eigenvalue weighted by Crippen LogP contribution is -2.55. The Kier molecular flexibility index (Phi) is 7.85. The van der Waals surface area contributed by atoms with Gasteiger partial charge in [-0.15, -0.1) is 12.4 Å². The molecule has 1 heterocycles. The number of amides is 1. The van der Waals surface area contributed by atoms with E-state index < -0.39 is 0 Å². The van der Waals surface area contributed by atoms with Crippen molar-refractivity contribution in [2.45, 2.75) is 70.6 Å². The van der Waals surface area contributed by atoms with Gasteiger partial charge in [-0.25, -0.2) is 0 Å². The molecule has 0 spiro atoms. The number of halogens is 1. The van der Waals surface area contributed by atoms with E-state index >= 15 is 0 Å². The maximum Gasteiger partial charge on any atom is 0.251 e. The zero-order valence-electron chi connectivity index (χ0n) is 12.8. The summed E-state index contributed by atoms with van der Waals surface area (Å²) in [5, 5.41) is 3.31. The van der Waals surface area contributed by atoms with Crippen molar-refractivity contribution in [3.63, 3.8) is 0 Å². The first-order valence-electron chi connectivity index (χ1n) is 7.85. The molecular formula is C15H29ClN2O2. The van der Waals surface area contributed by atoms with E-state index in [0.29, 0.717) is 6.10 Å². The largest absolute Gasteiger partial charge is 0.365 e. The van der Waals surface area contributed by atoms with Crippen LogP contribution in [0.4, 0.5) is 0 Å². The second-order valence-corrected chi connectivity index (χ2v) is 5.98. The number of nitrogens with one attached hydrogen (secondary N) is 1. The average molecular weight is 305 g/mol. The van der Waals surface area contributed by atoms with Crippen LogP contribution >= 0.6 is 12.4 Å². The lowest BCUT2D eigenvalue weighted by atomic mass is 10.1. The Morgan fingerprint density at radius 2 is 1.90 bits per heavy atom. The summed E-state index contributed by atoms with van der Waals surface area (Å²) in [6, 6.07) is 0.279. The highest BCUT2D eigenvalue weighted by Crippen LogP contribution is 2.21. The van der Waals surface area contributed by atoms with Gasteiger partial charge in [0.25, 0.3) is 5.91 Å². The first kappa shape index (κ1) is 17.7. The van der Waals surface area contributed by atoms with Crippen molar-refractivity contribution in [2.75, 3.05) is 19.6 Å². The van der Waals surface area contributed by atoms with Crippen LogP contribution in [-0.2, 0) is 9.53 Å². The van der Waals surface area contributed by atoms with E-state index in [1.807, 2.05) is 11.8 Å². The van der Waals surface area contributed by atoms with Crippen molar-refractivity contribution in [3.8, 4) is 0 Å². The maximum atomic E-state index is 12.4. The molecule has 1 N–H and O–H groups in total. The summed E-state index contributed by atoms with van der Waals surface area (Å²) in [5.74, 6) is 0.165. The van der Waals surface area contributed by atoms with Gasteiger partial charge in [-0.3, -0.25) is 4.79 Å². The molecule has 2 rings (SSSR count). The van der Waals surface area contributed by atoms with Crippen LogP contribution in [0.2, 0.25) is 0 Å². The summed E-state index contributed by atoms with van der Waals surface area (Å²) in [4.78, 5) is 14.4. The molecule has 0 aromatic rings. The Hall–Kier alpha value is -0.320. The summed E-state index contributed by atoms with van der Waals surface area (Å²) in [6.45, 7) is 6.61. The standard InChI is InChI=1S/C15H28N2O2.ClH/c1-12-11-16-9-10-17(12)15(18)13(2)19-14-7-5-3-4-6-8-14;/h12-14,16H,3-11H2,1-2H3;1H/t12-,13?;/m1./s1. The van der Waals surface area contributed by atoms with Gasteiger partial charge < -0.3 is 15.0 Å². The summed E-state index contributed by atoms with van der Waals surface area (Å²) in [7, 11) is 0. The monoisotopic (exact) mass is 304 g/mol. The summed E-state index contributed by atoms with van der Waals surface area (Å²) in [5.41, 5.74) is 0. The lowest BCUT2D eigenvalue weighted by Gasteiger charge is -2.36. The Morgan fingerprint density at radius 3 is 2.50 bits per heavy atom. The number of carbonyl (C=O) groups excluding carboxylic acids is 1. The number of carbonyl (C=O) groups is 1. The molecule has 20 heavy (non-hydrogen) atoms. The van der Waals surface area contributed by atoms with Crippen molar-refractivity contribution >= 4 is 18.3 Å². The minimum atomic E-state index is -0.288. The van der Waals surface area contributed by atoms with Gasteiger partial charge in [0, 0.05) is 25.7 Å². The third-order valence-corrected chi connectivity index (χ3v) is 4.33. The van der Waals surface area contributed by atoms with Gasteiger partial charge in [0.2, 0.25) is 0 Å². The van der Waals surface area contributed by atoms with Crippen molar-refractivity contribution in [1.82, 2.24) is 10.2 Å². The highest BCUT2D eigenvalue weighted by atomic mass is 35.5. The zero-order valence-corrected chi connectivity index (χ0v) is 13.6. The van der Waals surface area contributed by atoms with Gasteiger partial charge in [0.1, 0.15) is 6.10 Å². The third kappa shape index (κ3) is 4.90. The maximum absolute atomic E-state index is 12.4.